The number of ether oxygens (including phenoxy) is 1. The summed E-state index contributed by atoms with van der Waals surface area (Å²) >= 11 is 0. The number of benzene rings is 2. The summed E-state index contributed by atoms with van der Waals surface area (Å²) in [5.74, 6) is 0.155. The summed E-state index contributed by atoms with van der Waals surface area (Å²) < 4.78 is 7.69. The van der Waals surface area contributed by atoms with E-state index >= 15 is 0 Å². The molecule has 0 radical (unpaired) electrons. The van der Waals surface area contributed by atoms with Crippen LogP contribution >= 0.6 is 0 Å². The minimum Gasteiger partial charge on any atom is -0.466 e. The molecule has 4 rings (SSSR count). The van der Waals surface area contributed by atoms with Crippen molar-refractivity contribution in [2.75, 3.05) is 5.32 Å². The smallest absolute Gasteiger partial charge is 0.278 e. The van der Waals surface area contributed by atoms with Crippen LogP contribution < -0.4 is 15.4 Å². The van der Waals surface area contributed by atoms with Crippen molar-refractivity contribution in [3.05, 3.63) is 53.9 Å². The van der Waals surface area contributed by atoms with Gasteiger partial charge in [-0.25, -0.2) is 4.98 Å². The average Bonchev–Trinajstić information content (AvgIpc) is 2.97. The molecule has 7 heteroatoms. The predicted octanol–water partition coefficient (Wildman–Crippen LogP) is 2.29. The van der Waals surface area contributed by atoms with Gasteiger partial charge in [0.25, 0.3) is 17.4 Å². The van der Waals surface area contributed by atoms with Crippen LogP contribution in [0.1, 0.15) is 18.3 Å². The van der Waals surface area contributed by atoms with Crippen LogP contribution in [0.25, 0.3) is 11.0 Å². The first-order valence-corrected chi connectivity index (χ1v) is 8.68. The monoisotopic (exact) mass is 364 g/mol. The van der Waals surface area contributed by atoms with Crippen LogP contribution in [0.2, 0.25) is 0 Å². The Kier molecular flexibility index (Phi) is 3.87. The lowest BCUT2D eigenvalue weighted by Crippen LogP contribution is -2.58. The van der Waals surface area contributed by atoms with Crippen molar-refractivity contribution < 1.29 is 14.3 Å². The number of aromatic nitrogens is 2. The molecule has 2 heterocycles. The first kappa shape index (κ1) is 17.1. The van der Waals surface area contributed by atoms with Crippen molar-refractivity contribution >= 4 is 28.5 Å². The normalized spacial score (nSPS) is 18.6. The highest BCUT2D eigenvalue weighted by molar-refractivity contribution is 6.15. The fourth-order valence-electron chi connectivity index (χ4n) is 3.17. The molecule has 138 valence electrons. The zero-order valence-electron chi connectivity index (χ0n) is 15.4. The molecule has 1 aromatic heterocycles. The topological polar surface area (TPSA) is 85.3 Å². The maximum Gasteiger partial charge on any atom is 0.278 e. The predicted molar refractivity (Wildman–Crippen MR) is 101 cm³/mol. The molecule has 0 aliphatic carbocycles. The number of hydrogen-bond donors (Lipinski definition) is 2. The highest BCUT2D eigenvalue weighted by Gasteiger charge is 2.47. The van der Waals surface area contributed by atoms with Gasteiger partial charge in [-0.1, -0.05) is 18.2 Å². The average molecular weight is 364 g/mol. The number of rotatable bonds is 3. The van der Waals surface area contributed by atoms with Crippen molar-refractivity contribution in [3.8, 4) is 5.75 Å². The van der Waals surface area contributed by atoms with Gasteiger partial charge in [-0.05, 0) is 43.7 Å². The van der Waals surface area contributed by atoms with Crippen LogP contribution in [0, 0.1) is 6.92 Å². The van der Waals surface area contributed by atoms with Gasteiger partial charge in [0.15, 0.2) is 0 Å². The lowest BCUT2D eigenvalue weighted by Gasteiger charge is -2.33. The summed E-state index contributed by atoms with van der Waals surface area (Å²) in [6.07, 6.45) is 0. The molecule has 0 saturated heterocycles. The summed E-state index contributed by atoms with van der Waals surface area (Å²) in [6, 6.07) is 13.2. The van der Waals surface area contributed by atoms with Crippen molar-refractivity contribution in [2.24, 2.45) is 7.05 Å². The molecule has 1 aliphatic heterocycles. The molecule has 7 nitrogen and oxygen atoms in total. The van der Waals surface area contributed by atoms with E-state index in [0.717, 1.165) is 16.6 Å². The zero-order chi connectivity index (χ0) is 19.2. The van der Waals surface area contributed by atoms with Crippen molar-refractivity contribution in [2.45, 2.75) is 26.0 Å². The van der Waals surface area contributed by atoms with Gasteiger partial charge in [-0.3, -0.25) is 9.59 Å². The maximum atomic E-state index is 12.8. The Morgan fingerprint density at radius 3 is 2.85 bits per heavy atom. The Morgan fingerprint density at radius 2 is 2.07 bits per heavy atom. The number of anilines is 1. The van der Waals surface area contributed by atoms with Crippen molar-refractivity contribution in [3.63, 3.8) is 0 Å². The maximum absolute atomic E-state index is 12.8. The number of amides is 2. The molecule has 2 amide bonds. The number of imidazole rings is 1. The number of para-hydroxylation sites is 2. The Bertz CT molecular complexity index is 1070. The summed E-state index contributed by atoms with van der Waals surface area (Å²) in [6.45, 7) is 3.58. The fourth-order valence-corrected chi connectivity index (χ4v) is 3.17. The number of fused-ring (bicyclic) bond motifs is 2. The number of hydrogen-bond acceptors (Lipinski definition) is 4. The van der Waals surface area contributed by atoms with E-state index in [1.807, 2.05) is 54.9 Å². The first-order chi connectivity index (χ1) is 12.9. The second-order valence-electron chi connectivity index (χ2n) is 6.85. The molecule has 0 fully saturated rings. The van der Waals surface area contributed by atoms with E-state index in [4.69, 9.17) is 4.74 Å². The minimum absolute atomic E-state index is 0.191. The van der Waals surface area contributed by atoms with E-state index in [0.29, 0.717) is 17.3 Å². The number of nitrogens with one attached hydrogen (secondary N) is 2. The van der Waals surface area contributed by atoms with E-state index < -0.39 is 17.4 Å². The van der Waals surface area contributed by atoms with Crippen LogP contribution in [0.3, 0.4) is 0 Å². The SMILES string of the molecule is Cc1ccc2c(c1)NC(=O)C(C)(C(=O)NCc1nc3ccccc3n1C)O2. The van der Waals surface area contributed by atoms with E-state index in [-0.39, 0.29) is 6.54 Å². The molecule has 27 heavy (non-hydrogen) atoms. The highest BCUT2D eigenvalue weighted by atomic mass is 16.5. The standard InChI is InChI=1S/C20H20N4O3/c1-12-8-9-16-14(10-12)23-19(26)20(2,27-16)18(25)21-11-17-22-13-6-4-5-7-15(13)24(17)3/h4-10H,11H2,1-3H3,(H,21,25)(H,23,26). The third kappa shape index (κ3) is 2.81. The largest absolute Gasteiger partial charge is 0.466 e. The van der Waals surface area contributed by atoms with Gasteiger partial charge >= 0.3 is 0 Å². The molecule has 0 bridgehead atoms. The van der Waals surface area contributed by atoms with Crippen molar-refractivity contribution in [1.82, 2.24) is 14.9 Å². The number of carbonyl (C=O) groups excluding carboxylic acids is 2. The van der Waals surface area contributed by atoms with Gasteiger partial charge in [0.2, 0.25) is 0 Å². The van der Waals surface area contributed by atoms with Gasteiger partial charge in [0.1, 0.15) is 11.6 Å². The van der Waals surface area contributed by atoms with E-state index in [1.54, 1.807) is 6.07 Å². The number of aryl methyl sites for hydroxylation is 2. The molecular formula is C20H20N4O3. The summed E-state index contributed by atoms with van der Waals surface area (Å²) in [7, 11) is 1.89. The van der Waals surface area contributed by atoms with E-state index in [1.165, 1.54) is 6.92 Å². The summed E-state index contributed by atoms with van der Waals surface area (Å²) in [4.78, 5) is 29.8. The first-order valence-electron chi connectivity index (χ1n) is 8.68. The van der Waals surface area contributed by atoms with Crippen LogP contribution in [0.4, 0.5) is 5.69 Å². The van der Waals surface area contributed by atoms with Gasteiger partial charge in [0, 0.05) is 7.05 Å². The summed E-state index contributed by atoms with van der Waals surface area (Å²) in [5.41, 5.74) is 1.75. The summed E-state index contributed by atoms with van der Waals surface area (Å²) in [5, 5.41) is 5.53. The third-order valence-corrected chi connectivity index (χ3v) is 4.85. The molecule has 2 aromatic carbocycles. The van der Waals surface area contributed by atoms with Gasteiger partial charge < -0.3 is 19.9 Å². The Balaban J connectivity index is 1.54. The molecule has 0 saturated carbocycles. The molecular weight excluding hydrogens is 344 g/mol. The fraction of sp³-hybridized carbons (Fsp3) is 0.250. The third-order valence-electron chi connectivity index (χ3n) is 4.85. The van der Waals surface area contributed by atoms with Gasteiger partial charge in [0.05, 0.1) is 23.3 Å². The van der Waals surface area contributed by atoms with E-state index in [9.17, 15) is 9.59 Å². The number of nitrogens with zero attached hydrogens (tertiary/aromatic N) is 2. The van der Waals surface area contributed by atoms with Gasteiger partial charge in [-0.2, -0.15) is 0 Å². The van der Waals surface area contributed by atoms with Gasteiger partial charge in [-0.15, -0.1) is 0 Å². The van der Waals surface area contributed by atoms with Crippen LogP contribution in [-0.4, -0.2) is 27.0 Å². The highest BCUT2D eigenvalue weighted by Crippen LogP contribution is 2.34. The molecule has 2 N–H and O–H groups in total. The van der Waals surface area contributed by atoms with E-state index in [2.05, 4.69) is 15.6 Å². The molecule has 1 unspecified atom stereocenters. The van der Waals surface area contributed by atoms with Crippen LogP contribution in [-0.2, 0) is 23.2 Å². The lowest BCUT2D eigenvalue weighted by atomic mass is 10.0. The second-order valence-corrected chi connectivity index (χ2v) is 6.85. The Hall–Kier alpha value is -3.35. The molecule has 1 aliphatic rings. The Morgan fingerprint density at radius 1 is 1.30 bits per heavy atom. The molecule has 0 spiro atoms. The zero-order valence-corrected chi connectivity index (χ0v) is 15.4. The van der Waals surface area contributed by atoms with Crippen LogP contribution in [0.5, 0.6) is 5.75 Å². The lowest BCUT2D eigenvalue weighted by molar-refractivity contribution is -0.146. The quantitative estimate of drug-likeness (QED) is 0.699. The number of carbonyl (C=O) groups is 2. The molecule has 3 aromatic rings. The Labute approximate surface area is 156 Å². The van der Waals surface area contributed by atoms with Crippen LogP contribution in [0.15, 0.2) is 42.5 Å². The second kappa shape index (κ2) is 6.12. The minimum atomic E-state index is -1.65. The molecule has 1 atom stereocenters. The van der Waals surface area contributed by atoms with Crippen molar-refractivity contribution in [1.29, 1.82) is 0 Å².